The molecule has 0 aliphatic carbocycles. The topological polar surface area (TPSA) is 73.8 Å². The van der Waals surface area contributed by atoms with E-state index in [2.05, 4.69) is 9.97 Å². The summed E-state index contributed by atoms with van der Waals surface area (Å²) in [6.45, 7) is 0. The molecule has 0 aliphatic rings. The van der Waals surface area contributed by atoms with Gasteiger partial charge in [0.1, 0.15) is 0 Å². The highest BCUT2D eigenvalue weighted by molar-refractivity contribution is 5.92. The van der Waals surface area contributed by atoms with Crippen LogP contribution in [0.2, 0.25) is 0 Å². The predicted octanol–water partition coefficient (Wildman–Crippen LogP) is 0.366. The minimum Gasteiger partial charge on any atom is -0.366 e. The number of hydrogen-bond donors (Lipinski definition) is 1. The summed E-state index contributed by atoms with van der Waals surface area (Å²) in [5, 5.41) is 0. The number of nitrogens with two attached hydrogens (primary N) is 1. The molecule has 0 fully saturated rings. The summed E-state index contributed by atoms with van der Waals surface area (Å²) in [7, 11) is 0. The number of imidazole rings is 1. The average molecular weight is 188 g/mol. The van der Waals surface area contributed by atoms with Gasteiger partial charge < -0.3 is 10.3 Å². The third-order valence-electron chi connectivity index (χ3n) is 1.81. The van der Waals surface area contributed by atoms with Crippen LogP contribution in [0.3, 0.4) is 0 Å². The molecule has 2 N–H and O–H groups in total. The van der Waals surface area contributed by atoms with Crippen molar-refractivity contribution in [2.24, 2.45) is 5.73 Å². The highest BCUT2D eigenvalue weighted by atomic mass is 16.1. The fourth-order valence-electron chi connectivity index (χ4n) is 1.12. The lowest BCUT2D eigenvalue weighted by atomic mass is 10.2. The zero-order valence-corrected chi connectivity index (χ0v) is 7.29. The van der Waals surface area contributed by atoms with Crippen LogP contribution < -0.4 is 5.73 Å². The molecular formula is C9H8N4O. The van der Waals surface area contributed by atoms with E-state index in [0.29, 0.717) is 5.56 Å². The van der Waals surface area contributed by atoms with Gasteiger partial charge in [-0.15, -0.1) is 0 Å². The van der Waals surface area contributed by atoms with Crippen LogP contribution >= 0.6 is 0 Å². The lowest BCUT2D eigenvalue weighted by molar-refractivity contribution is 0.1000. The third-order valence-corrected chi connectivity index (χ3v) is 1.81. The number of carbonyl (C=O) groups is 1. The maximum absolute atomic E-state index is 10.9. The van der Waals surface area contributed by atoms with Gasteiger partial charge in [-0.05, 0) is 6.07 Å². The van der Waals surface area contributed by atoms with E-state index in [1.807, 2.05) is 0 Å². The fraction of sp³-hybridized carbons (Fsp3) is 0. The van der Waals surface area contributed by atoms with Crippen LogP contribution in [0, 0.1) is 0 Å². The Morgan fingerprint density at radius 2 is 2.21 bits per heavy atom. The Hall–Kier alpha value is -2.17. The number of rotatable bonds is 2. The number of pyridine rings is 1. The van der Waals surface area contributed by atoms with Crippen LogP contribution in [0.4, 0.5) is 0 Å². The van der Waals surface area contributed by atoms with Crippen molar-refractivity contribution >= 4 is 5.91 Å². The standard InChI is InChI=1S/C9H8N4O/c10-9(14)7-3-8(5-12-4-7)13-2-1-11-6-13/h1-6H,(H2,10,14). The third kappa shape index (κ3) is 1.47. The molecule has 2 heterocycles. The Kier molecular flexibility index (Phi) is 1.98. The van der Waals surface area contributed by atoms with Gasteiger partial charge in [0, 0.05) is 18.6 Å². The minimum atomic E-state index is -0.487. The predicted molar refractivity (Wildman–Crippen MR) is 49.9 cm³/mol. The van der Waals surface area contributed by atoms with Gasteiger partial charge in [-0.1, -0.05) is 0 Å². The SMILES string of the molecule is NC(=O)c1cncc(-n2ccnc2)c1. The van der Waals surface area contributed by atoms with Crippen LogP contribution in [0.25, 0.3) is 5.69 Å². The number of nitrogens with zero attached hydrogens (tertiary/aromatic N) is 3. The highest BCUT2D eigenvalue weighted by Crippen LogP contribution is 2.07. The molecule has 5 nitrogen and oxygen atoms in total. The molecule has 0 atom stereocenters. The molecular weight excluding hydrogens is 180 g/mol. The van der Waals surface area contributed by atoms with Crippen LogP contribution in [0.5, 0.6) is 0 Å². The normalized spacial score (nSPS) is 10.0. The first-order valence-corrected chi connectivity index (χ1v) is 4.00. The van der Waals surface area contributed by atoms with Gasteiger partial charge in [0.25, 0.3) is 0 Å². The molecule has 1 amide bonds. The maximum Gasteiger partial charge on any atom is 0.250 e. The van der Waals surface area contributed by atoms with Crippen LogP contribution in [-0.2, 0) is 0 Å². The maximum atomic E-state index is 10.9. The molecule has 0 unspecified atom stereocenters. The van der Waals surface area contributed by atoms with Crippen molar-refractivity contribution in [1.29, 1.82) is 0 Å². The fourth-order valence-corrected chi connectivity index (χ4v) is 1.12. The lowest BCUT2D eigenvalue weighted by Gasteiger charge is -2.01. The monoisotopic (exact) mass is 188 g/mol. The van der Waals surface area contributed by atoms with Gasteiger partial charge in [-0.2, -0.15) is 0 Å². The first-order chi connectivity index (χ1) is 6.77. The Morgan fingerprint density at radius 3 is 2.86 bits per heavy atom. The molecule has 5 heteroatoms. The van der Waals surface area contributed by atoms with Crippen LogP contribution in [0.1, 0.15) is 10.4 Å². The molecule has 0 saturated heterocycles. The van der Waals surface area contributed by atoms with Crippen molar-refractivity contribution in [2.45, 2.75) is 0 Å². The van der Waals surface area contributed by atoms with E-state index in [0.717, 1.165) is 5.69 Å². The van der Waals surface area contributed by atoms with Gasteiger partial charge in [0.05, 0.1) is 23.8 Å². The van der Waals surface area contributed by atoms with Gasteiger partial charge in [-0.3, -0.25) is 9.78 Å². The second-order valence-electron chi connectivity index (χ2n) is 2.77. The number of primary amides is 1. The van der Waals surface area contributed by atoms with E-state index < -0.39 is 5.91 Å². The quantitative estimate of drug-likeness (QED) is 0.739. The van der Waals surface area contributed by atoms with E-state index in [1.54, 1.807) is 35.6 Å². The molecule has 2 aromatic heterocycles. The number of aromatic nitrogens is 3. The van der Waals surface area contributed by atoms with Crippen molar-refractivity contribution < 1.29 is 4.79 Å². The summed E-state index contributed by atoms with van der Waals surface area (Å²) in [6, 6.07) is 1.66. The second kappa shape index (κ2) is 3.29. The second-order valence-corrected chi connectivity index (χ2v) is 2.77. The van der Waals surface area contributed by atoms with Crippen LogP contribution in [0.15, 0.2) is 37.2 Å². The largest absolute Gasteiger partial charge is 0.366 e. The zero-order chi connectivity index (χ0) is 9.97. The Labute approximate surface area is 80.2 Å². The zero-order valence-electron chi connectivity index (χ0n) is 7.29. The molecule has 0 bridgehead atoms. The molecule has 14 heavy (non-hydrogen) atoms. The van der Waals surface area contributed by atoms with E-state index in [9.17, 15) is 4.79 Å². The average Bonchev–Trinajstić information content (AvgIpc) is 2.71. The Bertz CT molecular complexity index is 450. The summed E-state index contributed by atoms with van der Waals surface area (Å²) < 4.78 is 1.75. The van der Waals surface area contributed by atoms with Gasteiger partial charge in [0.2, 0.25) is 5.91 Å². The molecule has 0 aromatic carbocycles. The Balaban J connectivity index is 2.46. The van der Waals surface area contributed by atoms with E-state index in [1.165, 1.54) is 6.20 Å². The summed E-state index contributed by atoms with van der Waals surface area (Å²) in [5.41, 5.74) is 6.28. The van der Waals surface area contributed by atoms with Crippen molar-refractivity contribution in [1.82, 2.24) is 14.5 Å². The van der Waals surface area contributed by atoms with Crippen molar-refractivity contribution in [3.8, 4) is 5.69 Å². The first-order valence-electron chi connectivity index (χ1n) is 4.00. The molecule has 0 aliphatic heterocycles. The van der Waals surface area contributed by atoms with Gasteiger partial charge in [-0.25, -0.2) is 4.98 Å². The summed E-state index contributed by atoms with van der Waals surface area (Å²) in [4.78, 5) is 18.7. The molecule has 0 radical (unpaired) electrons. The number of carbonyl (C=O) groups excluding carboxylic acids is 1. The number of amides is 1. The minimum absolute atomic E-state index is 0.385. The van der Waals surface area contributed by atoms with E-state index in [-0.39, 0.29) is 0 Å². The molecule has 2 aromatic rings. The van der Waals surface area contributed by atoms with Crippen LogP contribution in [-0.4, -0.2) is 20.4 Å². The lowest BCUT2D eigenvalue weighted by Crippen LogP contribution is -2.11. The molecule has 2 rings (SSSR count). The summed E-state index contributed by atoms with van der Waals surface area (Å²) in [5.74, 6) is -0.487. The smallest absolute Gasteiger partial charge is 0.250 e. The first kappa shape index (κ1) is 8.43. The van der Waals surface area contributed by atoms with E-state index >= 15 is 0 Å². The van der Waals surface area contributed by atoms with Crippen molar-refractivity contribution in [2.75, 3.05) is 0 Å². The van der Waals surface area contributed by atoms with E-state index in [4.69, 9.17) is 5.73 Å². The van der Waals surface area contributed by atoms with Crippen molar-refractivity contribution in [3.63, 3.8) is 0 Å². The van der Waals surface area contributed by atoms with Crippen molar-refractivity contribution in [3.05, 3.63) is 42.7 Å². The van der Waals surface area contributed by atoms with Gasteiger partial charge >= 0.3 is 0 Å². The molecule has 0 saturated carbocycles. The number of hydrogen-bond acceptors (Lipinski definition) is 3. The van der Waals surface area contributed by atoms with Gasteiger partial charge in [0.15, 0.2) is 0 Å². The molecule has 0 spiro atoms. The summed E-state index contributed by atoms with van der Waals surface area (Å²) >= 11 is 0. The Morgan fingerprint density at radius 1 is 1.36 bits per heavy atom. The molecule has 70 valence electrons. The highest BCUT2D eigenvalue weighted by Gasteiger charge is 2.02. The summed E-state index contributed by atoms with van der Waals surface area (Å²) in [6.07, 6.45) is 8.11.